The van der Waals surface area contributed by atoms with Gasteiger partial charge in [-0.05, 0) is 36.3 Å². The Balaban J connectivity index is 1.78. The number of hydrogen-bond donors (Lipinski definition) is 0. The zero-order valence-corrected chi connectivity index (χ0v) is 15.7. The fourth-order valence-corrected chi connectivity index (χ4v) is 3.89. The first-order valence-corrected chi connectivity index (χ1v) is 9.51. The maximum absolute atomic E-state index is 4.33. The van der Waals surface area contributed by atoms with Gasteiger partial charge in [-0.3, -0.25) is 0 Å². The van der Waals surface area contributed by atoms with Crippen LogP contribution in [0.1, 0.15) is 28.4 Å². The molecular weight excluding hydrogens is 342 g/mol. The third-order valence-corrected chi connectivity index (χ3v) is 5.26. The topological polar surface area (TPSA) is 21.1 Å². The van der Waals surface area contributed by atoms with E-state index in [0.29, 0.717) is 0 Å². The second-order valence-electron chi connectivity index (χ2n) is 7.11. The van der Waals surface area contributed by atoms with Gasteiger partial charge in [0.15, 0.2) is 0 Å². The van der Waals surface area contributed by atoms with Crippen LogP contribution in [-0.2, 0) is 0 Å². The van der Waals surface area contributed by atoms with Crippen molar-refractivity contribution in [2.45, 2.75) is 13.1 Å². The molecular formula is C25H21N3. The second kappa shape index (κ2) is 6.86. The van der Waals surface area contributed by atoms with Crippen molar-refractivity contribution in [2.75, 3.05) is 4.90 Å². The minimum absolute atomic E-state index is 0.00149. The molecule has 3 nitrogen and oxygen atoms in total. The van der Waals surface area contributed by atoms with Gasteiger partial charge in [0.25, 0.3) is 0 Å². The molecule has 3 heteroatoms. The first-order valence-electron chi connectivity index (χ1n) is 9.51. The third-order valence-electron chi connectivity index (χ3n) is 5.26. The lowest BCUT2D eigenvalue weighted by atomic mass is 9.94. The first-order chi connectivity index (χ1) is 13.8. The van der Waals surface area contributed by atoms with E-state index in [1.54, 1.807) is 0 Å². The highest BCUT2D eigenvalue weighted by Gasteiger charge is 2.31. The molecule has 0 N–H and O–H groups in total. The Kier molecular flexibility index (Phi) is 4.06. The molecule has 1 aliphatic heterocycles. The van der Waals surface area contributed by atoms with Crippen LogP contribution in [0.2, 0.25) is 0 Å². The number of aromatic nitrogens is 2. The number of imidazole rings is 1. The van der Waals surface area contributed by atoms with Gasteiger partial charge in [0.1, 0.15) is 6.17 Å². The Morgan fingerprint density at radius 2 is 1.57 bits per heavy atom. The zero-order valence-electron chi connectivity index (χ0n) is 15.7. The van der Waals surface area contributed by atoms with Gasteiger partial charge in [-0.1, -0.05) is 72.3 Å². The van der Waals surface area contributed by atoms with Crippen LogP contribution < -0.4 is 4.90 Å². The molecule has 0 aliphatic carbocycles. The van der Waals surface area contributed by atoms with Crippen molar-refractivity contribution < 1.29 is 0 Å². The third kappa shape index (κ3) is 2.81. The Labute approximate surface area is 165 Å². The average Bonchev–Trinajstić information content (AvgIpc) is 3.28. The molecule has 0 fully saturated rings. The molecule has 0 amide bonds. The Morgan fingerprint density at radius 3 is 2.32 bits per heavy atom. The molecule has 2 heterocycles. The molecule has 1 unspecified atom stereocenters. The molecule has 136 valence electrons. The van der Waals surface area contributed by atoms with Gasteiger partial charge < -0.3 is 9.47 Å². The van der Waals surface area contributed by atoms with Crippen LogP contribution in [-0.4, -0.2) is 9.55 Å². The number of fused-ring (bicyclic) bond motifs is 1. The van der Waals surface area contributed by atoms with E-state index in [2.05, 4.69) is 106 Å². The fourth-order valence-electron chi connectivity index (χ4n) is 3.89. The van der Waals surface area contributed by atoms with E-state index in [1.807, 2.05) is 18.7 Å². The van der Waals surface area contributed by atoms with Crippen LogP contribution in [0.25, 0.3) is 11.8 Å². The van der Waals surface area contributed by atoms with Gasteiger partial charge >= 0.3 is 0 Å². The molecule has 1 aliphatic rings. The first kappa shape index (κ1) is 16.6. The normalized spacial score (nSPS) is 15.8. The summed E-state index contributed by atoms with van der Waals surface area (Å²) in [5.74, 6) is 0. The lowest BCUT2D eigenvalue weighted by Crippen LogP contribution is -2.34. The van der Waals surface area contributed by atoms with Crippen LogP contribution in [0.5, 0.6) is 0 Å². The standard InChI is InChI=1S/C25H21N3/c1-19-11-13-22(14-12-19)28-24(20-7-3-2-4-8-20)17-21-9-5-6-10-23(21)25(28)27-16-15-26-18-27/h2-18,25H,1H3. The lowest BCUT2D eigenvalue weighted by molar-refractivity contribution is 0.590. The monoisotopic (exact) mass is 363 g/mol. The van der Waals surface area contributed by atoms with Crippen LogP contribution in [0.15, 0.2) is 97.6 Å². The summed E-state index contributed by atoms with van der Waals surface area (Å²) in [5, 5.41) is 0. The zero-order chi connectivity index (χ0) is 18.9. The summed E-state index contributed by atoms with van der Waals surface area (Å²) in [6.07, 6.45) is 8.07. The van der Waals surface area contributed by atoms with E-state index in [9.17, 15) is 0 Å². The van der Waals surface area contributed by atoms with Crippen LogP contribution in [0.4, 0.5) is 5.69 Å². The second-order valence-corrected chi connectivity index (χ2v) is 7.11. The summed E-state index contributed by atoms with van der Waals surface area (Å²) in [4.78, 5) is 6.73. The highest BCUT2D eigenvalue weighted by atomic mass is 15.3. The molecule has 1 atom stereocenters. The summed E-state index contributed by atoms with van der Waals surface area (Å²) in [5.41, 5.74) is 7.30. The van der Waals surface area contributed by atoms with Crippen molar-refractivity contribution >= 4 is 17.5 Å². The van der Waals surface area contributed by atoms with Crippen LogP contribution in [0, 0.1) is 6.92 Å². The van der Waals surface area contributed by atoms with Crippen molar-refractivity contribution in [1.29, 1.82) is 0 Å². The summed E-state index contributed by atoms with van der Waals surface area (Å²) in [6.45, 7) is 2.12. The summed E-state index contributed by atoms with van der Waals surface area (Å²) >= 11 is 0. The summed E-state index contributed by atoms with van der Waals surface area (Å²) in [7, 11) is 0. The molecule has 0 saturated carbocycles. The van der Waals surface area contributed by atoms with Crippen LogP contribution in [0.3, 0.4) is 0 Å². The van der Waals surface area contributed by atoms with Gasteiger partial charge in [-0.15, -0.1) is 0 Å². The Morgan fingerprint density at radius 1 is 0.821 bits per heavy atom. The van der Waals surface area contributed by atoms with Gasteiger partial charge in [0, 0.05) is 23.6 Å². The van der Waals surface area contributed by atoms with Gasteiger partial charge in [-0.25, -0.2) is 4.98 Å². The van der Waals surface area contributed by atoms with Crippen molar-refractivity contribution in [2.24, 2.45) is 0 Å². The largest absolute Gasteiger partial charge is 0.315 e. The number of benzene rings is 3. The number of nitrogens with zero attached hydrogens (tertiary/aromatic N) is 3. The van der Waals surface area contributed by atoms with Gasteiger partial charge in [-0.2, -0.15) is 0 Å². The van der Waals surface area contributed by atoms with E-state index in [1.165, 1.54) is 28.0 Å². The van der Waals surface area contributed by atoms with Crippen molar-refractivity contribution in [3.63, 3.8) is 0 Å². The summed E-state index contributed by atoms with van der Waals surface area (Å²) in [6, 6.07) is 27.9. The molecule has 0 saturated heterocycles. The maximum atomic E-state index is 4.33. The lowest BCUT2D eigenvalue weighted by Gasteiger charge is -2.40. The predicted octanol–water partition coefficient (Wildman–Crippen LogP) is 5.76. The highest BCUT2D eigenvalue weighted by Crippen LogP contribution is 2.42. The van der Waals surface area contributed by atoms with Crippen LogP contribution >= 0.6 is 0 Å². The maximum Gasteiger partial charge on any atom is 0.138 e. The van der Waals surface area contributed by atoms with Gasteiger partial charge in [0.05, 0.1) is 12.0 Å². The molecule has 4 aromatic rings. The Hall–Kier alpha value is -3.59. The number of hydrogen-bond acceptors (Lipinski definition) is 2. The average molecular weight is 363 g/mol. The smallest absolute Gasteiger partial charge is 0.138 e. The highest BCUT2D eigenvalue weighted by molar-refractivity contribution is 5.93. The molecule has 0 radical (unpaired) electrons. The number of aryl methyl sites for hydroxylation is 1. The van der Waals surface area contributed by atoms with Gasteiger partial charge in [0.2, 0.25) is 0 Å². The number of rotatable bonds is 3. The van der Waals surface area contributed by atoms with Crippen molar-refractivity contribution in [1.82, 2.24) is 9.55 Å². The molecule has 0 spiro atoms. The van der Waals surface area contributed by atoms with Crippen molar-refractivity contribution in [3.8, 4) is 0 Å². The molecule has 0 bridgehead atoms. The molecule has 28 heavy (non-hydrogen) atoms. The van der Waals surface area contributed by atoms with E-state index < -0.39 is 0 Å². The fraction of sp³-hybridized carbons (Fsp3) is 0.0800. The summed E-state index contributed by atoms with van der Waals surface area (Å²) < 4.78 is 2.18. The van der Waals surface area contributed by atoms with E-state index in [4.69, 9.17) is 0 Å². The Bertz CT molecular complexity index is 1110. The quantitative estimate of drug-likeness (QED) is 0.462. The molecule has 3 aromatic carbocycles. The van der Waals surface area contributed by atoms with Crippen molar-refractivity contribution in [3.05, 3.63) is 120 Å². The minimum atomic E-state index is 0.00149. The van der Waals surface area contributed by atoms with E-state index in [0.717, 1.165) is 5.69 Å². The van der Waals surface area contributed by atoms with E-state index >= 15 is 0 Å². The predicted molar refractivity (Wildman–Crippen MR) is 115 cm³/mol. The SMILES string of the molecule is Cc1ccc(N2C(c3ccccc3)=Cc3ccccc3C2n2ccnc2)cc1. The number of anilines is 1. The van der Waals surface area contributed by atoms with E-state index in [-0.39, 0.29) is 6.17 Å². The molecule has 5 rings (SSSR count). The molecule has 1 aromatic heterocycles. The minimum Gasteiger partial charge on any atom is -0.315 e.